The van der Waals surface area contributed by atoms with Gasteiger partial charge in [-0.1, -0.05) is 12.8 Å². The van der Waals surface area contributed by atoms with Crippen LogP contribution in [0, 0.1) is 5.92 Å². The fraction of sp³-hybridized carbons (Fsp3) is 0.923. The standard InChI is InChI=1S/C13H25N3O.HI/c1-13(7-3-9-17-13)10-16-12(14-2)15-8-6-11-4-5-11;/h11H,3-10H2,1-2H3,(H2,14,15,16);1H. The summed E-state index contributed by atoms with van der Waals surface area (Å²) >= 11 is 0. The minimum Gasteiger partial charge on any atom is -0.373 e. The Hall–Kier alpha value is -0.0400. The van der Waals surface area contributed by atoms with Crippen LogP contribution in [-0.4, -0.2) is 38.3 Å². The Kier molecular flexibility index (Phi) is 6.70. The van der Waals surface area contributed by atoms with Crippen molar-refractivity contribution in [2.24, 2.45) is 10.9 Å². The topological polar surface area (TPSA) is 45.7 Å². The third-order valence-electron chi connectivity index (χ3n) is 3.70. The van der Waals surface area contributed by atoms with Crippen molar-refractivity contribution in [2.75, 3.05) is 26.7 Å². The molecule has 18 heavy (non-hydrogen) atoms. The molecule has 1 saturated heterocycles. The Morgan fingerprint density at radius 1 is 1.39 bits per heavy atom. The third kappa shape index (κ3) is 5.30. The summed E-state index contributed by atoms with van der Waals surface area (Å²) in [7, 11) is 1.82. The van der Waals surface area contributed by atoms with Crippen molar-refractivity contribution in [3.05, 3.63) is 0 Å². The fourth-order valence-electron chi connectivity index (χ4n) is 2.27. The van der Waals surface area contributed by atoms with Crippen LogP contribution < -0.4 is 10.6 Å². The highest BCUT2D eigenvalue weighted by Crippen LogP contribution is 2.31. The van der Waals surface area contributed by atoms with E-state index in [4.69, 9.17) is 4.74 Å². The second kappa shape index (κ2) is 7.53. The molecule has 1 aliphatic carbocycles. The smallest absolute Gasteiger partial charge is 0.191 e. The molecule has 1 unspecified atom stereocenters. The Bertz CT molecular complexity index is 273. The summed E-state index contributed by atoms with van der Waals surface area (Å²) < 4.78 is 5.74. The van der Waals surface area contributed by atoms with Gasteiger partial charge < -0.3 is 15.4 Å². The molecule has 2 aliphatic rings. The van der Waals surface area contributed by atoms with Crippen molar-refractivity contribution >= 4 is 29.9 Å². The zero-order chi connectivity index (χ0) is 12.1. The van der Waals surface area contributed by atoms with Gasteiger partial charge in [0.15, 0.2) is 5.96 Å². The molecule has 0 bridgehead atoms. The van der Waals surface area contributed by atoms with Crippen molar-refractivity contribution in [2.45, 2.75) is 44.6 Å². The first kappa shape index (κ1) is 16.0. The maximum absolute atomic E-state index is 5.74. The van der Waals surface area contributed by atoms with Gasteiger partial charge in [0.25, 0.3) is 0 Å². The van der Waals surface area contributed by atoms with E-state index >= 15 is 0 Å². The average Bonchev–Trinajstić information content (AvgIpc) is 3.05. The summed E-state index contributed by atoms with van der Waals surface area (Å²) in [6.07, 6.45) is 6.42. The minimum atomic E-state index is -0.00584. The average molecular weight is 367 g/mol. The molecule has 4 nitrogen and oxygen atoms in total. The number of ether oxygens (including phenoxy) is 1. The molecule has 0 amide bonds. The summed E-state index contributed by atoms with van der Waals surface area (Å²) in [6.45, 7) is 4.94. The normalized spacial score (nSPS) is 27.8. The predicted molar refractivity (Wildman–Crippen MR) is 85.7 cm³/mol. The number of hydrogen-bond donors (Lipinski definition) is 2. The lowest BCUT2D eigenvalue weighted by Crippen LogP contribution is -2.45. The van der Waals surface area contributed by atoms with Crippen LogP contribution in [0.4, 0.5) is 0 Å². The van der Waals surface area contributed by atoms with Crippen molar-refractivity contribution in [1.82, 2.24) is 10.6 Å². The number of hydrogen-bond acceptors (Lipinski definition) is 2. The van der Waals surface area contributed by atoms with Gasteiger partial charge in [-0.3, -0.25) is 4.99 Å². The zero-order valence-electron chi connectivity index (χ0n) is 11.5. The van der Waals surface area contributed by atoms with Crippen LogP contribution in [0.25, 0.3) is 0 Å². The molecule has 106 valence electrons. The first-order valence-corrected chi connectivity index (χ1v) is 6.80. The van der Waals surface area contributed by atoms with Crippen LogP contribution >= 0.6 is 24.0 Å². The summed E-state index contributed by atoms with van der Waals surface area (Å²) in [5.41, 5.74) is -0.00584. The van der Waals surface area contributed by atoms with E-state index in [0.717, 1.165) is 38.0 Å². The van der Waals surface area contributed by atoms with E-state index in [1.165, 1.54) is 25.7 Å². The number of nitrogens with one attached hydrogen (secondary N) is 2. The van der Waals surface area contributed by atoms with E-state index in [-0.39, 0.29) is 29.6 Å². The molecular formula is C13H26IN3O. The number of rotatable bonds is 5. The molecule has 2 N–H and O–H groups in total. The van der Waals surface area contributed by atoms with Gasteiger partial charge in [-0.15, -0.1) is 24.0 Å². The van der Waals surface area contributed by atoms with Gasteiger partial charge in [0, 0.05) is 26.7 Å². The number of nitrogens with zero attached hydrogens (tertiary/aromatic N) is 1. The van der Waals surface area contributed by atoms with Crippen molar-refractivity contribution in [3.63, 3.8) is 0 Å². The SMILES string of the molecule is CN=C(NCCC1CC1)NCC1(C)CCCO1.I. The van der Waals surface area contributed by atoms with Gasteiger partial charge in [0.05, 0.1) is 5.60 Å². The van der Waals surface area contributed by atoms with E-state index < -0.39 is 0 Å². The molecule has 0 aromatic rings. The fourth-order valence-corrected chi connectivity index (χ4v) is 2.27. The van der Waals surface area contributed by atoms with Crippen LogP contribution in [0.1, 0.15) is 39.0 Å². The summed E-state index contributed by atoms with van der Waals surface area (Å²) in [4.78, 5) is 4.24. The van der Waals surface area contributed by atoms with Gasteiger partial charge >= 0.3 is 0 Å². The lowest BCUT2D eigenvalue weighted by atomic mass is 10.0. The lowest BCUT2D eigenvalue weighted by Gasteiger charge is -2.24. The highest BCUT2D eigenvalue weighted by molar-refractivity contribution is 14.0. The predicted octanol–water partition coefficient (Wildman–Crippen LogP) is 2.14. The molecule has 0 aromatic carbocycles. The van der Waals surface area contributed by atoms with E-state index in [1.807, 2.05) is 7.05 Å². The van der Waals surface area contributed by atoms with E-state index in [1.54, 1.807) is 0 Å². The van der Waals surface area contributed by atoms with Crippen LogP contribution in [0.5, 0.6) is 0 Å². The van der Waals surface area contributed by atoms with Crippen molar-refractivity contribution in [1.29, 1.82) is 0 Å². The molecule has 0 spiro atoms. The molecule has 2 rings (SSSR count). The molecule has 1 aliphatic heterocycles. The van der Waals surface area contributed by atoms with Crippen LogP contribution in [0.2, 0.25) is 0 Å². The second-order valence-electron chi connectivity index (χ2n) is 5.49. The molecule has 5 heteroatoms. The highest BCUT2D eigenvalue weighted by Gasteiger charge is 2.29. The third-order valence-corrected chi connectivity index (χ3v) is 3.70. The maximum atomic E-state index is 5.74. The van der Waals surface area contributed by atoms with Gasteiger partial charge in [0.1, 0.15) is 0 Å². The molecule has 1 atom stereocenters. The van der Waals surface area contributed by atoms with Gasteiger partial charge in [-0.05, 0) is 32.1 Å². The van der Waals surface area contributed by atoms with Crippen LogP contribution in [0.3, 0.4) is 0 Å². The van der Waals surface area contributed by atoms with E-state index in [2.05, 4.69) is 22.5 Å². The summed E-state index contributed by atoms with van der Waals surface area (Å²) in [6, 6.07) is 0. The molecule has 0 radical (unpaired) electrons. The lowest BCUT2D eigenvalue weighted by molar-refractivity contribution is 0.0243. The Balaban J connectivity index is 0.00000162. The first-order chi connectivity index (χ1) is 8.22. The van der Waals surface area contributed by atoms with E-state index in [9.17, 15) is 0 Å². The van der Waals surface area contributed by atoms with Crippen molar-refractivity contribution in [3.8, 4) is 0 Å². The molecule has 1 heterocycles. The number of guanidine groups is 1. The Morgan fingerprint density at radius 2 is 2.17 bits per heavy atom. The number of aliphatic imine (C=N–C) groups is 1. The molecule has 2 fully saturated rings. The Morgan fingerprint density at radius 3 is 2.72 bits per heavy atom. The highest BCUT2D eigenvalue weighted by atomic mass is 127. The molecule has 1 saturated carbocycles. The minimum absolute atomic E-state index is 0. The largest absolute Gasteiger partial charge is 0.373 e. The maximum Gasteiger partial charge on any atom is 0.191 e. The molecule has 0 aromatic heterocycles. The first-order valence-electron chi connectivity index (χ1n) is 6.80. The monoisotopic (exact) mass is 367 g/mol. The summed E-state index contributed by atoms with van der Waals surface area (Å²) in [5.74, 6) is 1.87. The summed E-state index contributed by atoms with van der Waals surface area (Å²) in [5, 5.41) is 6.73. The van der Waals surface area contributed by atoms with Crippen molar-refractivity contribution < 1.29 is 4.74 Å². The molecular weight excluding hydrogens is 341 g/mol. The quantitative estimate of drug-likeness (QED) is 0.445. The van der Waals surface area contributed by atoms with Crippen LogP contribution in [0.15, 0.2) is 4.99 Å². The zero-order valence-corrected chi connectivity index (χ0v) is 13.8. The van der Waals surface area contributed by atoms with E-state index in [0.29, 0.717) is 0 Å². The van der Waals surface area contributed by atoms with Gasteiger partial charge in [-0.2, -0.15) is 0 Å². The Labute approximate surface area is 127 Å². The van der Waals surface area contributed by atoms with Gasteiger partial charge in [0.2, 0.25) is 0 Å². The number of halogens is 1. The van der Waals surface area contributed by atoms with Gasteiger partial charge in [-0.25, -0.2) is 0 Å². The second-order valence-corrected chi connectivity index (χ2v) is 5.49. The van der Waals surface area contributed by atoms with Crippen LogP contribution in [-0.2, 0) is 4.74 Å².